The third-order valence-corrected chi connectivity index (χ3v) is 11.6. The first-order valence-electron chi connectivity index (χ1n) is 19.2. The molecule has 5 nitrogen and oxygen atoms in total. The summed E-state index contributed by atoms with van der Waals surface area (Å²) in [6, 6.07) is 59.7. The maximum absolute atomic E-state index is 5.97. The molecular formula is C48H37B2NO4. The van der Waals surface area contributed by atoms with Crippen molar-refractivity contribution in [2.75, 3.05) is 4.90 Å². The second-order valence-corrected chi connectivity index (χ2v) is 15.1. The molecule has 0 N–H and O–H groups in total. The summed E-state index contributed by atoms with van der Waals surface area (Å²) < 4.78 is 22.8. The van der Waals surface area contributed by atoms with E-state index in [0.29, 0.717) is 0 Å². The minimum atomic E-state index is -0.147. The van der Waals surface area contributed by atoms with Gasteiger partial charge in [-0.3, -0.25) is 0 Å². The third-order valence-electron chi connectivity index (χ3n) is 11.6. The zero-order valence-electron chi connectivity index (χ0n) is 30.6. The number of benzene rings is 7. The van der Waals surface area contributed by atoms with Crippen molar-refractivity contribution in [2.24, 2.45) is 0 Å². The van der Waals surface area contributed by atoms with Crippen molar-refractivity contribution >= 4 is 63.3 Å². The number of ether oxygens (including phenoxy) is 4. The van der Waals surface area contributed by atoms with Crippen LogP contribution in [0.25, 0.3) is 22.3 Å². The van der Waals surface area contributed by atoms with Crippen molar-refractivity contribution in [1.82, 2.24) is 0 Å². The Morgan fingerprint density at radius 2 is 0.927 bits per heavy atom. The predicted molar refractivity (Wildman–Crippen MR) is 224 cm³/mol. The van der Waals surface area contributed by atoms with Crippen molar-refractivity contribution in [2.45, 2.75) is 38.6 Å². The predicted octanol–water partition coefficient (Wildman–Crippen LogP) is 6.40. The van der Waals surface area contributed by atoms with Gasteiger partial charge in [0.25, 0.3) is 0 Å². The van der Waals surface area contributed by atoms with Crippen LogP contribution in [0.15, 0.2) is 164 Å². The van der Waals surface area contributed by atoms with Crippen molar-refractivity contribution in [3.63, 3.8) is 0 Å². The minimum absolute atomic E-state index is 0.0560. The molecule has 4 aliphatic rings. The van der Waals surface area contributed by atoms with Gasteiger partial charge in [0.2, 0.25) is 26.0 Å². The van der Waals surface area contributed by atoms with E-state index in [9.17, 15) is 0 Å². The minimum Gasteiger partial charge on any atom is -0.462 e. The van der Waals surface area contributed by atoms with Crippen LogP contribution in [0.1, 0.15) is 13.8 Å². The Morgan fingerprint density at radius 1 is 0.436 bits per heavy atom. The van der Waals surface area contributed by atoms with Crippen molar-refractivity contribution in [3.05, 3.63) is 164 Å². The van der Waals surface area contributed by atoms with Gasteiger partial charge < -0.3 is 23.8 Å². The lowest BCUT2D eigenvalue weighted by Crippen LogP contribution is -2.64. The second-order valence-electron chi connectivity index (χ2n) is 15.1. The highest BCUT2D eigenvalue weighted by atomic mass is 16.8. The SMILES string of the molecule is CC1OC1Oc1ccc(-c2cccc(B3c4ccccc4N4c5ccc(-c6ccc(OC7OC7C)cc6)cc5B(c5ccccc5)c5cccc3c54)c2)cc1. The smallest absolute Gasteiger partial charge is 0.246 e. The molecule has 11 rings (SSSR count). The van der Waals surface area contributed by atoms with Gasteiger partial charge in [0.1, 0.15) is 23.7 Å². The molecule has 0 radical (unpaired) electrons. The highest BCUT2D eigenvalue weighted by Gasteiger charge is 2.43. The molecule has 2 saturated heterocycles. The molecule has 7 heteroatoms. The van der Waals surface area contributed by atoms with Crippen molar-refractivity contribution in [3.8, 4) is 33.8 Å². The number of epoxide rings is 2. The lowest BCUT2D eigenvalue weighted by atomic mass is 9.30. The van der Waals surface area contributed by atoms with E-state index in [1.54, 1.807) is 0 Å². The summed E-state index contributed by atoms with van der Waals surface area (Å²) in [6.45, 7) is 4.16. The number of hydrogen-bond acceptors (Lipinski definition) is 5. The summed E-state index contributed by atoms with van der Waals surface area (Å²) in [5.74, 6) is 1.65. The molecule has 4 unspecified atom stereocenters. The Hall–Kier alpha value is -6.01. The van der Waals surface area contributed by atoms with Crippen molar-refractivity contribution in [1.29, 1.82) is 0 Å². The summed E-state index contributed by atoms with van der Waals surface area (Å²) in [5.41, 5.74) is 16.1. The van der Waals surface area contributed by atoms with E-state index in [1.807, 2.05) is 38.1 Å². The topological polar surface area (TPSA) is 46.8 Å². The fraction of sp³-hybridized carbons (Fsp3) is 0.125. The average molecular weight is 713 g/mol. The molecule has 0 saturated carbocycles. The molecule has 0 amide bonds. The first-order valence-corrected chi connectivity index (χ1v) is 19.2. The summed E-state index contributed by atoms with van der Waals surface area (Å²) in [5, 5.41) is 0. The Morgan fingerprint density at radius 3 is 1.56 bits per heavy atom. The molecule has 7 aromatic rings. The highest BCUT2D eigenvalue weighted by Crippen LogP contribution is 2.39. The molecule has 0 aliphatic carbocycles. The number of anilines is 3. The van der Waals surface area contributed by atoms with E-state index >= 15 is 0 Å². The molecule has 4 heterocycles. The van der Waals surface area contributed by atoms with Gasteiger partial charge in [0.05, 0.1) is 0 Å². The van der Waals surface area contributed by atoms with Gasteiger partial charge in [-0.2, -0.15) is 0 Å². The van der Waals surface area contributed by atoms with E-state index < -0.39 is 0 Å². The van der Waals surface area contributed by atoms with E-state index in [1.165, 1.54) is 61.0 Å². The van der Waals surface area contributed by atoms with Gasteiger partial charge in [-0.1, -0.05) is 138 Å². The maximum Gasteiger partial charge on any atom is 0.246 e. The number of para-hydroxylation sites is 2. The van der Waals surface area contributed by atoms with E-state index in [2.05, 4.69) is 144 Å². The normalized spacial score (nSPS) is 19.9. The van der Waals surface area contributed by atoms with Gasteiger partial charge in [0, 0.05) is 17.1 Å². The first kappa shape index (κ1) is 32.4. The summed E-state index contributed by atoms with van der Waals surface area (Å²) in [6.07, 6.45) is 0.0118. The van der Waals surface area contributed by atoms with Crippen LogP contribution in [-0.2, 0) is 9.47 Å². The molecule has 4 aliphatic heterocycles. The van der Waals surface area contributed by atoms with Gasteiger partial charge >= 0.3 is 0 Å². The number of hydrogen-bond donors (Lipinski definition) is 0. The molecular weight excluding hydrogens is 676 g/mol. The Kier molecular flexibility index (Phi) is 7.55. The molecule has 0 bridgehead atoms. The van der Waals surface area contributed by atoms with Gasteiger partial charge in [-0.25, -0.2) is 0 Å². The van der Waals surface area contributed by atoms with E-state index in [-0.39, 0.29) is 38.2 Å². The van der Waals surface area contributed by atoms with Crippen LogP contribution in [0.2, 0.25) is 0 Å². The monoisotopic (exact) mass is 713 g/mol. The van der Waals surface area contributed by atoms with E-state index in [4.69, 9.17) is 18.9 Å². The Labute approximate surface area is 322 Å². The fourth-order valence-corrected chi connectivity index (χ4v) is 8.68. The Bertz CT molecular complexity index is 2560. The first-order chi connectivity index (χ1) is 27.1. The standard InChI is InChI=1S/C48H37B2NO4/c1-30-47(52-30)54-38-23-18-32(19-24-38)34-10-8-13-37(28-34)50-40-14-6-7-17-44(40)51-45-27-22-35(33-20-25-39(26-21-33)55-48-31(2)53-48)29-43(45)49(36-11-4-3-5-12-36)41-15-9-16-42(50)46(41)51/h3-31,47-48H,1-2H3. The lowest BCUT2D eigenvalue weighted by molar-refractivity contribution is 0.178. The maximum atomic E-state index is 5.97. The molecule has 0 aromatic heterocycles. The van der Waals surface area contributed by atoms with E-state index in [0.717, 1.165) is 22.6 Å². The zero-order chi connectivity index (χ0) is 36.6. The van der Waals surface area contributed by atoms with Crippen LogP contribution >= 0.6 is 0 Å². The van der Waals surface area contributed by atoms with Crippen LogP contribution in [0.4, 0.5) is 17.1 Å². The summed E-state index contributed by atoms with van der Waals surface area (Å²) in [7, 11) is 0. The number of rotatable bonds is 8. The third kappa shape index (κ3) is 5.65. The van der Waals surface area contributed by atoms with Crippen LogP contribution in [-0.4, -0.2) is 38.2 Å². The fourth-order valence-electron chi connectivity index (χ4n) is 8.68. The quantitative estimate of drug-likeness (QED) is 0.135. The van der Waals surface area contributed by atoms with Gasteiger partial charge in [-0.05, 0) is 94.4 Å². The van der Waals surface area contributed by atoms with Crippen molar-refractivity contribution < 1.29 is 18.9 Å². The number of fused-ring (bicyclic) bond motifs is 4. The molecule has 0 spiro atoms. The molecule has 264 valence electrons. The summed E-state index contributed by atoms with van der Waals surface area (Å²) in [4.78, 5) is 2.52. The van der Waals surface area contributed by atoms with Gasteiger partial charge in [-0.15, -0.1) is 0 Å². The second kappa shape index (κ2) is 12.8. The van der Waals surface area contributed by atoms with Crippen LogP contribution in [0.3, 0.4) is 0 Å². The molecule has 55 heavy (non-hydrogen) atoms. The summed E-state index contributed by atoms with van der Waals surface area (Å²) >= 11 is 0. The van der Waals surface area contributed by atoms with Crippen LogP contribution < -0.4 is 47.2 Å². The Balaban J connectivity index is 1.03. The molecule has 4 atom stereocenters. The van der Waals surface area contributed by atoms with Gasteiger partial charge in [0.15, 0.2) is 0 Å². The average Bonchev–Trinajstić information content (AvgIpc) is 4.14. The highest BCUT2D eigenvalue weighted by molar-refractivity contribution is 7.02. The van der Waals surface area contributed by atoms with Crippen LogP contribution in [0.5, 0.6) is 11.5 Å². The largest absolute Gasteiger partial charge is 0.462 e. The lowest BCUT2D eigenvalue weighted by Gasteiger charge is -2.44. The molecule has 7 aromatic carbocycles. The number of nitrogens with zero attached hydrogens (tertiary/aromatic N) is 1. The zero-order valence-corrected chi connectivity index (χ0v) is 30.6. The molecule has 2 fully saturated rings. The van der Waals surface area contributed by atoms with Crippen LogP contribution in [0, 0.1) is 0 Å².